The fourth-order valence-corrected chi connectivity index (χ4v) is 3.20. The number of aryl methyl sites for hydroxylation is 1. The molecular weight excluding hydrogens is 370 g/mol. The first-order valence-electron chi connectivity index (χ1n) is 7.95. The SMILES string of the molecule is Cc1ccc(Cl)cc1NC(=O)CSc1nnc(Cc2ccccc2)n1N. The largest absolute Gasteiger partial charge is 0.336 e. The molecule has 0 radical (unpaired) electrons. The fourth-order valence-electron chi connectivity index (χ4n) is 2.35. The average molecular weight is 388 g/mol. The van der Waals surface area contributed by atoms with Crippen molar-refractivity contribution in [1.82, 2.24) is 14.9 Å². The topological polar surface area (TPSA) is 85.8 Å². The molecule has 3 N–H and O–H groups in total. The maximum atomic E-state index is 12.2. The first kappa shape index (κ1) is 18.3. The minimum absolute atomic E-state index is 0.159. The van der Waals surface area contributed by atoms with E-state index < -0.39 is 0 Å². The summed E-state index contributed by atoms with van der Waals surface area (Å²) in [4.78, 5) is 12.2. The smallest absolute Gasteiger partial charge is 0.234 e. The van der Waals surface area contributed by atoms with Gasteiger partial charge in [-0.3, -0.25) is 4.79 Å². The van der Waals surface area contributed by atoms with Gasteiger partial charge in [-0.05, 0) is 30.2 Å². The Bertz CT molecular complexity index is 913. The first-order valence-corrected chi connectivity index (χ1v) is 9.31. The maximum absolute atomic E-state index is 12.2. The molecule has 8 heteroatoms. The van der Waals surface area contributed by atoms with Crippen LogP contribution in [-0.4, -0.2) is 26.5 Å². The van der Waals surface area contributed by atoms with E-state index in [2.05, 4.69) is 15.5 Å². The first-order chi connectivity index (χ1) is 12.5. The number of rotatable bonds is 6. The van der Waals surface area contributed by atoms with Gasteiger partial charge in [-0.2, -0.15) is 0 Å². The van der Waals surface area contributed by atoms with Crippen molar-refractivity contribution >= 4 is 35.0 Å². The molecule has 0 aliphatic heterocycles. The van der Waals surface area contributed by atoms with Gasteiger partial charge in [0.1, 0.15) is 0 Å². The summed E-state index contributed by atoms with van der Waals surface area (Å²) in [6.07, 6.45) is 0.582. The van der Waals surface area contributed by atoms with Gasteiger partial charge in [0.05, 0.1) is 5.75 Å². The van der Waals surface area contributed by atoms with E-state index in [1.54, 1.807) is 12.1 Å². The molecule has 0 bridgehead atoms. The van der Waals surface area contributed by atoms with E-state index in [0.29, 0.717) is 28.1 Å². The lowest BCUT2D eigenvalue weighted by Crippen LogP contribution is -2.17. The van der Waals surface area contributed by atoms with E-state index >= 15 is 0 Å². The van der Waals surface area contributed by atoms with E-state index in [0.717, 1.165) is 11.1 Å². The molecule has 2 aromatic carbocycles. The molecule has 6 nitrogen and oxygen atoms in total. The van der Waals surface area contributed by atoms with Crippen molar-refractivity contribution in [3.05, 3.63) is 70.5 Å². The van der Waals surface area contributed by atoms with Crippen LogP contribution in [0, 0.1) is 6.92 Å². The second kappa shape index (κ2) is 8.25. The zero-order valence-electron chi connectivity index (χ0n) is 14.1. The van der Waals surface area contributed by atoms with Crippen molar-refractivity contribution < 1.29 is 4.79 Å². The standard InChI is InChI=1S/C18H18ClN5OS/c1-12-7-8-14(19)10-15(12)21-17(25)11-26-18-23-22-16(24(18)20)9-13-5-3-2-4-6-13/h2-8,10H,9,11,20H2,1H3,(H,21,25). The number of aromatic nitrogens is 3. The molecule has 0 fully saturated rings. The highest BCUT2D eigenvalue weighted by molar-refractivity contribution is 7.99. The number of halogens is 1. The molecule has 1 aromatic heterocycles. The summed E-state index contributed by atoms with van der Waals surface area (Å²) in [5.41, 5.74) is 2.74. The molecule has 134 valence electrons. The molecule has 1 heterocycles. The van der Waals surface area contributed by atoms with Gasteiger partial charge in [0, 0.05) is 17.1 Å². The number of hydrogen-bond donors (Lipinski definition) is 2. The van der Waals surface area contributed by atoms with Gasteiger partial charge >= 0.3 is 0 Å². The van der Waals surface area contributed by atoms with Crippen molar-refractivity contribution in [3.63, 3.8) is 0 Å². The predicted molar refractivity (Wildman–Crippen MR) is 105 cm³/mol. The number of hydrogen-bond acceptors (Lipinski definition) is 5. The number of thioether (sulfide) groups is 1. The molecule has 0 spiro atoms. The molecule has 26 heavy (non-hydrogen) atoms. The van der Waals surface area contributed by atoms with E-state index in [1.807, 2.05) is 43.3 Å². The quantitative estimate of drug-likeness (QED) is 0.500. The number of nitrogens with zero attached hydrogens (tertiary/aromatic N) is 3. The van der Waals surface area contributed by atoms with Crippen LogP contribution in [-0.2, 0) is 11.2 Å². The number of benzene rings is 2. The summed E-state index contributed by atoms with van der Waals surface area (Å²) in [6, 6.07) is 15.3. The second-order valence-electron chi connectivity index (χ2n) is 5.73. The number of anilines is 1. The third-order valence-electron chi connectivity index (χ3n) is 3.75. The lowest BCUT2D eigenvalue weighted by molar-refractivity contribution is -0.113. The van der Waals surface area contributed by atoms with Crippen molar-refractivity contribution in [2.45, 2.75) is 18.5 Å². The molecule has 0 atom stereocenters. The molecule has 0 saturated carbocycles. The van der Waals surface area contributed by atoms with Crippen LogP contribution in [0.5, 0.6) is 0 Å². The third-order valence-corrected chi connectivity index (χ3v) is 4.92. The van der Waals surface area contributed by atoms with E-state index in [9.17, 15) is 4.79 Å². The van der Waals surface area contributed by atoms with Gasteiger partial charge in [-0.25, -0.2) is 4.68 Å². The summed E-state index contributed by atoms with van der Waals surface area (Å²) in [7, 11) is 0. The van der Waals surface area contributed by atoms with Crippen molar-refractivity contribution in [2.75, 3.05) is 16.9 Å². The highest BCUT2D eigenvalue weighted by atomic mass is 35.5. The zero-order valence-corrected chi connectivity index (χ0v) is 15.7. The molecule has 1 amide bonds. The van der Waals surface area contributed by atoms with E-state index in [-0.39, 0.29) is 11.7 Å². The van der Waals surface area contributed by atoms with Gasteiger partial charge in [-0.15, -0.1) is 10.2 Å². The molecule has 0 aliphatic rings. The van der Waals surface area contributed by atoms with Gasteiger partial charge in [-0.1, -0.05) is 59.8 Å². The molecule has 0 aliphatic carbocycles. The normalized spacial score (nSPS) is 10.7. The number of carbonyl (C=O) groups excluding carboxylic acids is 1. The lowest BCUT2D eigenvalue weighted by Gasteiger charge is -2.08. The Hall–Kier alpha value is -2.51. The van der Waals surface area contributed by atoms with Gasteiger partial charge in [0.25, 0.3) is 0 Å². The van der Waals surface area contributed by atoms with Crippen molar-refractivity contribution in [2.24, 2.45) is 0 Å². The van der Waals surface area contributed by atoms with Crippen molar-refractivity contribution in [3.8, 4) is 0 Å². The molecule has 3 rings (SSSR count). The summed E-state index contributed by atoms with van der Waals surface area (Å²) in [5, 5.41) is 12.1. The van der Waals surface area contributed by atoms with Crippen LogP contribution in [0.25, 0.3) is 0 Å². The predicted octanol–water partition coefficient (Wildman–Crippen LogP) is 3.28. The third kappa shape index (κ3) is 4.56. The van der Waals surface area contributed by atoms with Crippen molar-refractivity contribution in [1.29, 1.82) is 0 Å². The summed E-state index contributed by atoms with van der Waals surface area (Å²) in [6.45, 7) is 1.91. The zero-order chi connectivity index (χ0) is 18.5. The molecule has 0 unspecified atom stereocenters. The van der Waals surface area contributed by atoms with Crippen LogP contribution in [0.3, 0.4) is 0 Å². The maximum Gasteiger partial charge on any atom is 0.234 e. The van der Waals surface area contributed by atoms with Crippen LogP contribution in [0.1, 0.15) is 17.0 Å². The van der Waals surface area contributed by atoms with Gasteiger partial charge in [0.15, 0.2) is 5.82 Å². The van der Waals surface area contributed by atoms with Crippen LogP contribution < -0.4 is 11.2 Å². The Labute approximate surface area is 160 Å². The number of nitrogen functional groups attached to an aromatic ring is 1. The summed E-state index contributed by atoms with van der Waals surface area (Å²) in [5.74, 6) is 6.71. The number of nitrogens with two attached hydrogens (primary N) is 1. The monoisotopic (exact) mass is 387 g/mol. The van der Waals surface area contributed by atoms with E-state index in [1.165, 1.54) is 16.4 Å². The summed E-state index contributed by atoms with van der Waals surface area (Å²) >= 11 is 7.20. The highest BCUT2D eigenvalue weighted by Crippen LogP contribution is 2.21. The number of amides is 1. The lowest BCUT2D eigenvalue weighted by atomic mass is 10.1. The average Bonchev–Trinajstić information content (AvgIpc) is 2.97. The molecule has 3 aromatic rings. The van der Waals surface area contributed by atoms with Crippen LogP contribution in [0.2, 0.25) is 5.02 Å². The Morgan fingerprint density at radius 1 is 1.23 bits per heavy atom. The number of nitrogens with one attached hydrogen (secondary N) is 1. The minimum Gasteiger partial charge on any atom is -0.336 e. The molecular formula is C18H18ClN5OS. The fraction of sp³-hybridized carbons (Fsp3) is 0.167. The summed E-state index contributed by atoms with van der Waals surface area (Å²) < 4.78 is 1.43. The Kier molecular flexibility index (Phi) is 5.80. The van der Waals surface area contributed by atoms with Crippen LogP contribution >= 0.6 is 23.4 Å². The van der Waals surface area contributed by atoms with Crippen LogP contribution in [0.15, 0.2) is 53.7 Å². The van der Waals surface area contributed by atoms with Crippen LogP contribution in [0.4, 0.5) is 5.69 Å². The Balaban J connectivity index is 1.59. The second-order valence-corrected chi connectivity index (χ2v) is 7.11. The Morgan fingerprint density at radius 2 is 2.00 bits per heavy atom. The minimum atomic E-state index is -0.159. The highest BCUT2D eigenvalue weighted by Gasteiger charge is 2.13. The Morgan fingerprint density at radius 3 is 2.77 bits per heavy atom. The van der Waals surface area contributed by atoms with Gasteiger partial charge in [0.2, 0.25) is 11.1 Å². The molecule has 0 saturated heterocycles. The van der Waals surface area contributed by atoms with Gasteiger partial charge < -0.3 is 11.2 Å². The van der Waals surface area contributed by atoms with E-state index in [4.69, 9.17) is 17.4 Å². The number of carbonyl (C=O) groups is 1.